The fourth-order valence-corrected chi connectivity index (χ4v) is 1.91. The second-order valence-electron chi connectivity index (χ2n) is 4.77. The summed E-state index contributed by atoms with van der Waals surface area (Å²) >= 11 is 0. The first-order valence-electron chi connectivity index (χ1n) is 6.51. The molecule has 5 heteroatoms. The van der Waals surface area contributed by atoms with Crippen molar-refractivity contribution in [3.8, 4) is 5.75 Å². The normalized spacial score (nSPS) is 14.6. The van der Waals surface area contributed by atoms with Crippen LogP contribution in [0.2, 0.25) is 0 Å². The van der Waals surface area contributed by atoms with Gasteiger partial charge in [-0.1, -0.05) is 12.1 Å². The molecule has 0 bridgehead atoms. The minimum atomic E-state index is 0.633. The van der Waals surface area contributed by atoms with Gasteiger partial charge in [-0.3, -0.25) is 0 Å². The molecule has 0 atom stereocenters. The van der Waals surface area contributed by atoms with Crippen molar-refractivity contribution in [2.45, 2.75) is 31.8 Å². The van der Waals surface area contributed by atoms with Gasteiger partial charge < -0.3 is 14.5 Å². The number of hydrogen-bond donors (Lipinski definition) is 1. The Hall–Kier alpha value is -1.88. The molecule has 1 saturated carbocycles. The summed E-state index contributed by atoms with van der Waals surface area (Å²) in [5, 5.41) is 11.5. The molecule has 1 aliphatic rings. The molecule has 5 nitrogen and oxygen atoms in total. The van der Waals surface area contributed by atoms with Gasteiger partial charge in [0.25, 0.3) is 0 Å². The summed E-state index contributed by atoms with van der Waals surface area (Å²) in [4.78, 5) is 0. The average Bonchev–Trinajstić information content (AvgIpc) is 3.17. The topological polar surface area (TPSA) is 60.2 Å². The van der Waals surface area contributed by atoms with Crippen LogP contribution in [0.25, 0.3) is 0 Å². The molecule has 1 aromatic heterocycles. The van der Waals surface area contributed by atoms with Crippen LogP contribution in [0.15, 0.2) is 28.7 Å². The molecule has 1 fully saturated rings. The molecule has 19 heavy (non-hydrogen) atoms. The van der Waals surface area contributed by atoms with Crippen LogP contribution in [-0.2, 0) is 13.0 Å². The monoisotopic (exact) mass is 259 g/mol. The first-order valence-corrected chi connectivity index (χ1v) is 6.51. The summed E-state index contributed by atoms with van der Waals surface area (Å²) in [5.41, 5.74) is 1.10. The van der Waals surface area contributed by atoms with E-state index in [1.807, 2.05) is 24.3 Å². The van der Waals surface area contributed by atoms with Crippen LogP contribution in [0.3, 0.4) is 0 Å². The highest BCUT2D eigenvalue weighted by Crippen LogP contribution is 2.19. The van der Waals surface area contributed by atoms with Crippen molar-refractivity contribution in [3.63, 3.8) is 0 Å². The molecule has 2 aromatic rings. The summed E-state index contributed by atoms with van der Waals surface area (Å²) in [6.45, 7) is 0.662. The van der Waals surface area contributed by atoms with E-state index in [1.165, 1.54) is 12.8 Å². The van der Waals surface area contributed by atoms with Crippen LogP contribution in [0.1, 0.15) is 30.2 Å². The van der Waals surface area contributed by atoms with Gasteiger partial charge in [-0.05, 0) is 30.5 Å². The number of benzene rings is 1. The number of rotatable bonds is 6. The average molecular weight is 259 g/mol. The van der Waals surface area contributed by atoms with Gasteiger partial charge in [0, 0.05) is 6.04 Å². The highest BCUT2D eigenvalue weighted by Gasteiger charge is 2.21. The summed E-state index contributed by atoms with van der Waals surface area (Å²) < 4.78 is 10.8. The number of aromatic nitrogens is 2. The minimum absolute atomic E-state index is 0.633. The molecule has 1 N–H and O–H groups in total. The van der Waals surface area contributed by atoms with E-state index in [0.717, 1.165) is 11.3 Å². The molecule has 0 amide bonds. The Bertz CT molecular complexity index is 549. The van der Waals surface area contributed by atoms with E-state index in [4.69, 9.17) is 9.15 Å². The van der Waals surface area contributed by atoms with Crippen molar-refractivity contribution in [1.82, 2.24) is 15.5 Å². The molecule has 0 spiro atoms. The van der Waals surface area contributed by atoms with E-state index >= 15 is 0 Å². The Balaban J connectivity index is 1.61. The van der Waals surface area contributed by atoms with E-state index in [0.29, 0.717) is 30.8 Å². The van der Waals surface area contributed by atoms with E-state index in [2.05, 4.69) is 15.5 Å². The zero-order valence-electron chi connectivity index (χ0n) is 10.9. The maximum atomic E-state index is 5.61. The van der Waals surface area contributed by atoms with Gasteiger partial charge in [-0.15, -0.1) is 10.2 Å². The molecule has 3 rings (SSSR count). The van der Waals surface area contributed by atoms with Gasteiger partial charge in [-0.25, -0.2) is 0 Å². The van der Waals surface area contributed by atoms with Gasteiger partial charge in [0.15, 0.2) is 0 Å². The third-order valence-electron chi connectivity index (χ3n) is 3.12. The molecule has 1 heterocycles. The third kappa shape index (κ3) is 3.32. The smallest absolute Gasteiger partial charge is 0.230 e. The summed E-state index contributed by atoms with van der Waals surface area (Å²) in [6.07, 6.45) is 3.14. The van der Waals surface area contributed by atoms with E-state index in [-0.39, 0.29) is 0 Å². The van der Waals surface area contributed by atoms with Crippen molar-refractivity contribution < 1.29 is 9.15 Å². The number of methoxy groups -OCH3 is 1. The lowest BCUT2D eigenvalue weighted by Gasteiger charge is -2.01. The zero-order chi connectivity index (χ0) is 13.1. The van der Waals surface area contributed by atoms with Gasteiger partial charge in [0.1, 0.15) is 5.75 Å². The Kier molecular flexibility index (Phi) is 3.46. The van der Waals surface area contributed by atoms with Crippen molar-refractivity contribution >= 4 is 0 Å². The van der Waals surface area contributed by atoms with Gasteiger partial charge >= 0.3 is 0 Å². The van der Waals surface area contributed by atoms with Crippen LogP contribution in [0.4, 0.5) is 0 Å². The number of nitrogens with one attached hydrogen (secondary N) is 1. The van der Waals surface area contributed by atoms with Crippen molar-refractivity contribution in [2.24, 2.45) is 0 Å². The highest BCUT2D eigenvalue weighted by atomic mass is 16.5. The quantitative estimate of drug-likeness (QED) is 0.858. The molecule has 0 radical (unpaired) electrons. The lowest BCUT2D eigenvalue weighted by Crippen LogP contribution is -2.15. The lowest BCUT2D eigenvalue weighted by molar-refractivity contribution is 0.413. The third-order valence-corrected chi connectivity index (χ3v) is 3.12. The van der Waals surface area contributed by atoms with E-state index < -0.39 is 0 Å². The van der Waals surface area contributed by atoms with Crippen LogP contribution >= 0.6 is 0 Å². The van der Waals surface area contributed by atoms with Crippen molar-refractivity contribution in [3.05, 3.63) is 41.6 Å². The van der Waals surface area contributed by atoms with Crippen LogP contribution in [-0.4, -0.2) is 23.3 Å². The molecular weight excluding hydrogens is 242 g/mol. The lowest BCUT2D eigenvalue weighted by atomic mass is 10.1. The Morgan fingerprint density at radius 1 is 1.32 bits per heavy atom. The standard InChI is InChI=1S/C14H17N3O2/c1-18-12-4-2-3-10(7-12)8-13-16-17-14(19-13)9-15-11-5-6-11/h2-4,7,11,15H,5-6,8-9H2,1H3. The van der Waals surface area contributed by atoms with Crippen molar-refractivity contribution in [2.75, 3.05) is 7.11 Å². The number of ether oxygens (including phenoxy) is 1. The van der Waals surface area contributed by atoms with Gasteiger partial charge in [0.05, 0.1) is 20.1 Å². The van der Waals surface area contributed by atoms with Gasteiger partial charge in [0.2, 0.25) is 11.8 Å². The highest BCUT2D eigenvalue weighted by molar-refractivity contribution is 5.29. The molecule has 0 unspecified atom stereocenters. The number of hydrogen-bond acceptors (Lipinski definition) is 5. The molecule has 1 aliphatic carbocycles. The molecular formula is C14H17N3O2. The van der Waals surface area contributed by atoms with Crippen LogP contribution in [0, 0.1) is 0 Å². The Labute approximate surface area is 112 Å². The summed E-state index contributed by atoms with van der Waals surface area (Å²) in [6, 6.07) is 8.53. The zero-order valence-corrected chi connectivity index (χ0v) is 10.9. The second kappa shape index (κ2) is 5.40. The maximum Gasteiger partial charge on any atom is 0.230 e. The Morgan fingerprint density at radius 3 is 2.95 bits per heavy atom. The van der Waals surface area contributed by atoms with E-state index in [9.17, 15) is 0 Å². The van der Waals surface area contributed by atoms with Gasteiger partial charge in [-0.2, -0.15) is 0 Å². The predicted molar refractivity (Wildman–Crippen MR) is 70.0 cm³/mol. The molecule has 0 saturated heterocycles. The maximum absolute atomic E-state index is 5.61. The van der Waals surface area contributed by atoms with Crippen molar-refractivity contribution in [1.29, 1.82) is 0 Å². The number of nitrogens with zero attached hydrogens (tertiary/aromatic N) is 2. The fourth-order valence-electron chi connectivity index (χ4n) is 1.91. The fraction of sp³-hybridized carbons (Fsp3) is 0.429. The van der Waals surface area contributed by atoms with Crippen LogP contribution in [0.5, 0.6) is 5.75 Å². The molecule has 1 aromatic carbocycles. The second-order valence-corrected chi connectivity index (χ2v) is 4.77. The minimum Gasteiger partial charge on any atom is -0.497 e. The predicted octanol–water partition coefficient (Wildman–Crippen LogP) is 1.92. The van der Waals surface area contributed by atoms with Crippen LogP contribution < -0.4 is 10.1 Å². The first kappa shape index (κ1) is 12.2. The molecule has 0 aliphatic heterocycles. The SMILES string of the molecule is COc1cccc(Cc2nnc(CNC3CC3)o2)c1. The van der Waals surface area contributed by atoms with E-state index in [1.54, 1.807) is 7.11 Å². The summed E-state index contributed by atoms with van der Waals surface area (Å²) in [5.74, 6) is 2.14. The summed E-state index contributed by atoms with van der Waals surface area (Å²) in [7, 11) is 1.66. The molecule has 100 valence electrons. The largest absolute Gasteiger partial charge is 0.497 e. The first-order chi connectivity index (χ1) is 9.33. The Morgan fingerprint density at radius 2 is 2.16 bits per heavy atom.